The lowest BCUT2D eigenvalue weighted by atomic mass is 10.2. The van der Waals surface area contributed by atoms with Gasteiger partial charge >= 0.3 is 5.97 Å². The molecule has 0 aromatic heterocycles. The molecule has 0 unspecified atom stereocenters. The topological polar surface area (TPSA) is 84.0 Å². The van der Waals surface area contributed by atoms with E-state index in [4.69, 9.17) is 4.74 Å². The molecule has 0 spiro atoms. The first-order valence-corrected chi connectivity index (χ1v) is 9.79. The summed E-state index contributed by atoms with van der Waals surface area (Å²) >= 11 is 0. The summed E-state index contributed by atoms with van der Waals surface area (Å²) < 4.78 is 29.2. The minimum absolute atomic E-state index is 0.0380. The van der Waals surface area contributed by atoms with E-state index in [1.807, 2.05) is 0 Å². The van der Waals surface area contributed by atoms with Gasteiger partial charge in [-0.1, -0.05) is 19.1 Å². The van der Waals surface area contributed by atoms with E-state index < -0.39 is 15.8 Å². The molecule has 0 saturated carbocycles. The zero-order valence-electron chi connectivity index (χ0n) is 14.7. The lowest BCUT2D eigenvalue weighted by Gasteiger charge is -2.31. The quantitative estimate of drug-likeness (QED) is 0.386. The Morgan fingerprint density at radius 2 is 1.96 bits per heavy atom. The van der Waals surface area contributed by atoms with Crippen LogP contribution in [0.5, 0.6) is 5.75 Å². The number of nitrogens with zero attached hydrogens (tertiary/aromatic N) is 2. The van der Waals surface area contributed by atoms with E-state index in [1.54, 1.807) is 34.9 Å². The number of hydrogen-bond acceptors (Lipinski definition) is 6. The number of amides is 1. The lowest BCUT2D eigenvalue weighted by molar-refractivity contribution is -0.133. The van der Waals surface area contributed by atoms with E-state index in [9.17, 15) is 18.0 Å². The normalized spacial score (nSPS) is 13.6. The number of carbonyl (C=O) groups is 2. The highest BCUT2D eigenvalue weighted by Crippen LogP contribution is 2.34. The van der Waals surface area contributed by atoms with Crippen molar-refractivity contribution in [3.63, 3.8) is 0 Å². The van der Waals surface area contributed by atoms with E-state index in [1.165, 1.54) is 12.1 Å². The second-order valence-electron chi connectivity index (χ2n) is 5.74. The van der Waals surface area contributed by atoms with Gasteiger partial charge in [0.15, 0.2) is 15.6 Å². The fourth-order valence-electron chi connectivity index (χ4n) is 2.59. The molecule has 0 aliphatic carbocycles. The van der Waals surface area contributed by atoms with Gasteiger partial charge in [-0.3, -0.25) is 4.79 Å². The van der Waals surface area contributed by atoms with Gasteiger partial charge in [0.1, 0.15) is 6.54 Å². The Balaban J connectivity index is 2.30. The molecule has 0 N–H and O–H groups in total. The molecule has 1 aliphatic heterocycles. The molecule has 0 bridgehead atoms. The third-order valence-electron chi connectivity index (χ3n) is 3.93. The van der Waals surface area contributed by atoms with Gasteiger partial charge < -0.3 is 14.5 Å². The van der Waals surface area contributed by atoms with Crippen LogP contribution in [-0.2, 0) is 19.4 Å². The number of benzene rings is 1. The van der Waals surface area contributed by atoms with Crippen LogP contribution in [0.25, 0.3) is 0 Å². The summed E-state index contributed by atoms with van der Waals surface area (Å²) in [6.45, 7) is 9.40. The van der Waals surface area contributed by atoms with E-state index in [0.29, 0.717) is 18.8 Å². The van der Waals surface area contributed by atoms with Crippen molar-refractivity contribution in [2.45, 2.75) is 11.8 Å². The van der Waals surface area contributed by atoms with Crippen LogP contribution in [0, 0.1) is 0 Å². The van der Waals surface area contributed by atoms with Crippen molar-refractivity contribution in [2.24, 2.45) is 0 Å². The van der Waals surface area contributed by atoms with Gasteiger partial charge in [-0.15, -0.1) is 13.2 Å². The molecule has 2 rings (SSSR count). The standard InChI is InChI=1S/C18H22N2O5S/c1-4-9-19(10-5-2)17(21)12-20-13-18(22)25-16-11-14(7-8-15(16)20)26(23,24)6-3/h4-5,7-8,11H,1-2,6,9-10,12-13H2,3H3. The van der Waals surface area contributed by atoms with Crippen LogP contribution in [0.15, 0.2) is 48.4 Å². The van der Waals surface area contributed by atoms with Crippen LogP contribution in [0.1, 0.15) is 6.92 Å². The predicted octanol–water partition coefficient (Wildman–Crippen LogP) is 1.41. The largest absolute Gasteiger partial charge is 0.423 e. The van der Waals surface area contributed by atoms with Gasteiger partial charge in [0.2, 0.25) is 5.91 Å². The Morgan fingerprint density at radius 3 is 2.54 bits per heavy atom. The van der Waals surface area contributed by atoms with Crippen LogP contribution >= 0.6 is 0 Å². The second kappa shape index (κ2) is 8.18. The number of ether oxygens (including phenoxy) is 1. The van der Waals surface area contributed by atoms with Crippen molar-refractivity contribution in [3.8, 4) is 5.75 Å². The first kappa shape index (κ1) is 19.7. The van der Waals surface area contributed by atoms with Crippen molar-refractivity contribution in [1.29, 1.82) is 0 Å². The molecular weight excluding hydrogens is 356 g/mol. The molecule has 1 heterocycles. The first-order chi connectivity index (χ1) is 12.3. The maximum Gasteiger partial charge on any atom is 0.331 e. The Hall–Kier alpha value is -2.61. The Morgan fingerprint density at radius 1 is 1.31 bits per heavy atom. The highest BCUT2D eigenvalue weighted by molar-refractivity contribution is 7.91. The van der Waals surface area contributed by atoms with Crippen molar-refractivity contribution in [2.75, 3.05) is 36.8 Å². The SMILES string of the molecule is C=CCN(CC=C)C(=O)CN1CC(=O)Oc2cc(S(=O)(=O)CC)ccc21. The highest BCUT2D eigenvalue weighted by atomic mass is 32.2. The van der Waals surface area contributed by atoms with Gasteiger partial charge in [-0.05, 0) is 12.1 Å². The van der Waals surface area contributed by atoms with Crippen LogP contribution in [0.3, 0.4) is 0 Å². The summed E-state index contributed by atoms with van der Waals surface area (Å²) in [5.74, 6) is -0.659. The fraction of sp³-hybridized carbons (Fsp3) is 0.333. The molecular formula is C18H22N2O5S. The molecule has 1 aromatic rings. The van der Waals surface area contributed by atoms with Crippen LogP contribution < -0.4 is 9.64 Å². The summed E-state index contributed by atoms with van der Waals surface area (Å²) in [5, 5.41) is 0. The first-order valence-electron chi connectivity index (χ1n) is 8.14. The third-order valence-corrected chi connectivity index (χ3v) is 5.66. The van der Waals surface area contributed by atoms with Crippen LogP contribution in [-0.4, -0.2) is 57.1 Å². The number of fused-ring (bicyclic) bond motifs is 1. The zero-order chi connectivity index (χ0) is 19.3. The average Bonchev–Trinajstić information content (AvgIpc) is 2.60. The second-order valence-corrected chi connectivity index (χ2v) is 8.02. The predicted molar refractivity (Wildman–Crippen MR) is 99.0 cm³/mol. The summed E-state index contributed by atoms with van der Waals surface area (Å²) in [7, 11) is -3.42. The number of esters is 1. The van der Waals surface area contributed by atoms with E-state index in [-0.39, 0.29) is 35.4 Å². The number of anilines is 1. The van der Waals surface area contributed by atoms with Gasteiger partial charge in [0, 0.05) is 19.2 Å². The Bertz CT molecular complexity index is 822. The number of carbonyl (C=O) groups excluding carboxylic acids is 2. The number of rotatable bonds is 8. The molecule has 0 saturated heterocycles. The summed E-state index contributed by atoms with van der Waals surface area (Å²) in [6, 6.07) is 4.34. The molecule has 8 heteroatoms. The molecule has 140 valence electrons. The van der Waals surface area contributed by atoms with Crippen LogP contribution in [0.4, 0.5) is 5.69 Å². The summed E-state index contributed by atoms with van der Waals surface area (Å²) in [5.41, 5.74) is 0.505. The van der Waals surface area contributed by atoms with Crippen LogP contribution in [0.2, 0.25) is 0 Å². The molecule has 0 fully saturated rings. The Labute approximate surface area is 153 Å². The van der Waals surface area contributed by atoms with Gasteiger partial charge in [-0.2, -0.15) is 0 Å². The van der Waals surface area contributed by atoms with E-state index in [2.05, 4.69) is 13.2 Å². The van der Waals surface area contributed by atoms with Gasteiger partial charge in [0.05, 0.1) is 22.9 Å². The van der Waals surface area contributed by atoms with E-state index in [0.717, 1.165) is 0 Å². The minimum Gasteiger partial charge on any atom is -0.423 e. The zero-order valence-corrected chi connectivity index (χ0v) is 15.5. The van der Waals surface area contributed by atoms with E-state index >= 15 is 0 Å². The van der Waals surface area contributed by atoms with Crippen molar-refractivity contribution in [3.05, 3.63) is 43.5 Å². The molecule has 0 radical (unpaired) electrons. The Kier molecular flexibility index (Phi) is 6.20. The third kappa shape index (κ3) is 4.32. The molecule has 1 aliphatic rings. The number of hydrogen-bond donors (Lipinski definition) is 0. The summed E-state index contributed by atoms with van der Waals surface area (Å²) in [4.78, 5) is 27.6. The molecule has 1 aromatic carbocycles. The summed E-state index contributed by atoms with van der Waals surface area (Å²) in [6.07, 6.45) is 3.23. The lowest BCUT2D eigenvalue weighted by Crippen LogP contribution is -2.45. The maximum absolute atomic E-state index is 12.5. The molecule has 26 heavy (non-hydrogen) atoms. The fourth-order valence-corrected chi connectivity index (χ4v) is 3.48. The highest BCUT2D eigenvalue weighted by Gasteiger charge is 2.28. The van der Waals surface area contributed by atoms with Crippen molar-refractivity contribution in [1.82, 2.24) is 4.90 Å². The monoisotopic (exact) mass is 378 g/mol. The van der Waals surface area contributed by atoms with Crippen molar-refractivity contribution < 1.29 is 22.7 Å². The average molecular weight is 378 g/mol. The van der Waals surface area contributed by atoms with Gasteiger partial charge in [0.25, 0.3) is 0 Å². The number of sulfone groups is 1. The van der Waals surface area contributed by atoms with Gasteiger partial charge in [-0.25, -0.2) is 13.2 Å². The van der Waals surface area contributed by atoms with Crippen molar-refractivity contribution >= 4 is 27.4 Å². The molecule has 7 nitrogen and oxygen atoms in total. The molecule has 1 amide bonds. The maximum atomic E-state index is 12.5. The minimum atomic E-state index is -3.42. The smallest absolute Gasteiger partial charge is 0.331 e. The molecule has 0 atom stereocenters.